The Balaban J connectivity index is 2.11. The van der Waals surface area contributed by atoms with E-state index in [9.17, 15) is 8.42 Å². The molecule has 0 aliphatic heterocycles. The Morgan fingerprint density at radius 1 is 1.04 bits per heavy atom. The van der Waals surface area contributed by atoms with Crippen molar-refractivity contribution in [3.8, 4) is 22.8 Å². The highest BCUT2D eigenvalue weighted by Gasteiger charge is 2.18. The summed E-state index contributed by atoms with van der Waals surface area (Å²) in [6.45, 7) is 3.53. The first-order valence-corrected chi connectivity index (χ1v) is 9.21. The first kappa shape index (κ1) is 16.3. The summed E-state index contributed by atoms with van der Waals surface area (Å²) in [7, 11) is -3.64. The second kappa shape index (κ2) is 6.49. The van der Waals surface area contributed by atoms with E-state index in [1.165, 1.54) is 4.68 Å². The monoisotopic (exact) mass is 342 g/mol. The molecule has 0 bridgehead atoms. The average molecular weight is 342 g/mol. The number of rotatable bonds is 5. The van der Waals surface area contributed by atoms with Crippen LogP contribution in [0.4, 0.5) is 0 Å². The molecule has 3 aromatic rings. The zero-order valence-electron chi connectivity index (χ0n) is 13.5. The van der Waals surface area contributed by atoms with Crippen molar-refractivity contribution in [3.05, 3.63) is 66.2 Å². The Morgan fingerprint density at radius 3 is 2.33 bits per heavy atom. The zero-order chi connectivity index (χ0) is 17.2. The van der Waals surface area contributed by atoms with Crippen LogP contribution in [0.2, 0.25) is 0 Å². The molecule has 0 unspecified atom stereocenters. The first-order chi connectivity index (χ1) is 11.5. The minimum absolute atomic E-state index is 0.104. The van der Waals surface area contributed by atoms with E-state index in [-0.39, 0.29) is 11.6 Å². The number of nitrogens with zero attached hydrogens (tertiary/aromatic N) is 2. The maximum Gasteiger partial charge on any atom is 0.310 e. The van der Waals surface area contributed by atoms with Crippen LogP contribution in [0.5, 0.6) is 5.88 Å². The summed E-state index contributed by atoms with van der Waals surface area (Å²) in [5, 5.41) is 4.53. The molecule has 124 valence electrons. The summed E-state index contributed by atoms with van der Waals surface area (Å²) >= 11 is 0. The average Bonchev–Trinajstić information content (AvgIpc) is 2.99. The van der Waals surface area contributed by atoms with E-state index >= 15 is 0 Å². The second-order valence-corrected chi connectivity index (χ2v) is 7.27. The van der Waals surface area contributed by atoms with Crippen molar-refractivity contribution in [2.75, 3.05) is 5.75 Å². The van der Waals surface area contributed by atoms with Crippen molar-refractivity contribution in [1.82, 2.24) is 9.78 Å². The Bertz CT molecular complexity index is 930. The Labute approximate surface area is 141 Å². The molecule has 0 fully saturated rings. The standard InChI is InChI=1S/C18H18N2O3S/c1-3-24(21,22)23-18-13-17(15-7-5-4-6-8-15)19-20(18)16-11-9-14(2)10-12-16/h4-13H,3H2,1-2H3. The van der Waals surface area contributed by atoms with Crippen molar-refractivity contribution < 1.29 is 12.6 Å². The van der Waals surface area contributed by atoms with E-state index in [0.717, 1.165) is 16.8 Å². The van der Waals surface area contributed by atoms with Crippen molar-refractivity contribution in [1.29, 1.82) is 0 Å². The van der Waals surface area contributed by atoms with Crippen molar-refractivity contribution in [2.24, 2.45) is 0 Å². The molecule has 0 N–H and O–H groups in total. The Hall–Kier alpha value is -2.60. The van der Waals surface area contributed by atoms with Crippen LogP contribution >= 0.6 is 0 Å². The van der Waals surface area contributed by atoms with Gasteiger partial charge in [-0.1, -0.05) is 48.0 Å². The fourth-order valence-corrected chi connectivity index (χ4v) is 2.73. The quantitative estimate of drug-likeness (QED) is 0.665. The molecule has 3 rings (SSSR count). The van der Waals surface area contributed by atoms with Gasteiger partial charge in [0.15, 0.2) is 0 Å². The van der Waals surface area contributed by atoms with E-state index in [2.05, 4.69) is 5.10 Å². The van der Waals surface area contributed by atoms with Crippen molar-refractivity contribution >= 4 is 10.1 Å². The third-order valence-electron chi connectivity index (χ3n) is 3.59. The third kappa shape index (κ3) is 3.49. The molecular weight excluding hydrogens is 324 g/mol. The van der Waals surface area contributed by atoms with Gasteiger partial charge in [-0.3, -0.25) is 0 Å². The van der Waals surface area contributed by atoms with E-state index in [1.54, 1.807) is 13.0 Å². The van der Waals surface area contributed by atoms with Gasteiger partial charge in [0.2, 0.25) is 5.88 Å². The normalized spacial score (nSPS) is 11.4. The van der Waals surface area contributed by atoms with E-state index in [4.69, 9.17) is 4.18 Å². The van der Waals surface area contributed by atoms with Gasteiger partial charge >= 0.3 is 10.1 Å². The van der Waals surface area contributed by atoms with Gasteiger partial charge in [0.25, 0.3) is 0 Å². The lowest BCUT2D eigenvalue weighted by Crippen LogP contribution is -2.14. The molecule has 1 heterocycles. The van der Waals surface area contributed by atoms with Gasteiger partial charge in [0.05, 0.1) is 17.1 Å². The lowest BCUT2D eigenvalue weighted by Gasteiger charge is -2.08. The number of aryl methyl sites for hydroxylation is 1. The summed E-state index contributed by atoms with van der Waals surface area (Å²) in [6, 6.07) is 18.8. The molecule has 6 heteroatoms. The van der Waals surface area contributed by atoms with E-state index in [1.807, 2.05) is 61.5 Å². The molecule has 0 radical (unpaired) electrons. The number of hydrogen-bond donors (Lipinski definition) is 0. The van der Waals surface area contributed by atoms with Crippen LogP contribution in [0.1, 0.15) is 12.5 Å². The summed E-state index contributed by atoms with van der Waals surface area (Å²) < 4.78 is 30.5. The molecular formula is C18H18N2O3S. The minimum atomic E-state index is -3.64. The number of hydrogen-bond acceptors (Lipinski definition) is 4. The second-order valence-electron chi connectivity index (χ2n) is 5.41. The summed E-state index contributed by atoms with van der Waals surface area (Å²) in [5.74, 6) is 0.0757. The molecule has 0 atom stereocenters. The van der Waals surface area contributed by atoms with E-state index < -0.39 is 10.1 Å². The maximum atomic E-state index is 11.9. The van der Waals surface area contributed by atoms with Gasteiger partial charge in [0.1, 0.15) is 0 Å². The van der Waals surface area contributed by atoms with Crippen molar-refractivity contribution in [3.63, 3.8) is 0 Å². The molecule has 1 aromatic heterocycles. The first-order valence-electron chi connectivity index (χ1n) is 7.63. The number of benzene rings is 2. The maximum absolute atomic E-state index is 11.9. The highest BCUT2D eigenvalue weighted by Crippen LogP contribution is 2.27. The van der Waals surface area contributed by atoms with Crippen molar-refractivity contribution in [2.45, 2.75) is 13.8 Å². The molecule has 0 amide bonds. The van der Waals surface area contributed by atoms with Crippen LogP contribution in [-0.2, 0) is 10.1 Å². The zero-order valence-corrected chi connectivity index (χ0v) is 14.3. The molecule has 2 aromatic carbocycles. The number of aromatic nitrogens is 2. The van der Waals surface area contributed by atoms with Crippen LogP contribution in [0.15, 0.2) is 60.7 Å². The van der Waals surface area contributed by atoms with Crippen LogP contribution in [-0.4, -0.2) is 24.0 Å². The summed E-state index contributed by atoms with van der Waals surface area (Å²) in [4.78, 5) is 0. The fraction of sp³-hybridized carbons (Fsp3) is 0.167. The molecule has 0 saturated carbocycles. The van der Waals surface area contributed by atoms with Crippen LogP contribution in [0, 0.1) is 6.92 Å². The third-order valence-corrected chi connectivity index (χ3v) is 4.72. The lowest BCUT2D eigenvalue weighted by molar-refractivity contribution is 0.466. The topological polar surface area (TPSA) is 61.2 Å². The predicted molar refractivity (Wildman–Crippen MR) is 93.8 cm³/mol. The van der Waals surface area contributed by atoms with Crippen LogP contribution in [0.3, 0.4) is 0 Å². The largest absolute Gasteiger partial charge is 0.361 e. The predicted octanol–water partition coefficient (Wildman–Crippen LogP) is 3.58. The van der Waals surface area contributed by atoms with E-state index in [0.29, 0.717) is 5.69 Å². The highest BCUT2D eigenvalue weighted by atomic mass is 32.2. The minimum Gasteiger partial charge on any atom is -0.361 e. The van der Waals surface area contributed by atoms with Crippen LogP contribution in [0.25, 0.3) is 16.9 Å². The van der Waals surface area contributed by atoms with Gasteiger partial charge in [0, 0.05) is 11.6 Å². The molecule has 0 spiro atoms. The smallest absolute Gasteiger partial charge is 0.310 e. The van der Waals surface area contributed by atoms with Gasteiger partial charge in [-0.25, -0.2) is 0 Å². The lowest BCUT2D eigenvalue weighted by atomic mass is 10.2. The Kier molecular flexibility index (Phi) is 4.40. The molecule has 0 aliphatic carbocycles. The van der Waals surface area contributed by atoms with Crippen LogP contribution < -0.4 is 4.18 Å². The summed E-state index contributed by atoms with van der Waals surface area (Å²) in [6.07, 6.45) is 0. The van der Waals surface area contributed by atoms with Gasteiger partial charge in [-0.05, 0) is 26.0 Å². The molecule has 5 nitrogen and oxygen atoms in total. The molecule has 0 saturated heterocycles. The van der Waals surface area contributed by atoms with Gasteiger partial charge in [-0.15, -0.1) is 0 Å². The Morgan fingerprint density at radius 2 is 1.71 bits per heavy atom. The summed E-state index contributed by atoms with van der Waals surface area (Å²) in [5.41, 5.74) is 3.39. The van der Waals surface area contributed by atoms with Gasteiger partial charge in [-0.2, -0.15) is 18.2 Å². The molecule has 24 heavy (non-hydrogen) atoms. The fourth-order valence-electron chi connectivity index (χ4n) is 2.23. The highest BCUT2D eigenvalue weighted by molar-refractivity contribution is 7.87. The molecule has 0 aliphatic rings. The van der Waals surface area contributed by atoms with Gasteiger partial charge < -0.3 is 4.18 Å². The SMILES string of the molecule is CCS(=O)(=O)Oc1cc(-c2ccccc2)nn1-c1ccc(C)cc1.